The SMILES string of the molecule is Cc1cc(C(=O)/C=C/c2ccc(-c3cccc(Cl)c3Cl)o2)c(C)s1. The Bertz CT molecular complexity index is 935. The number of allylic oxidation sites excluding steroid dienone is 1. The molecule has 0 fully saturated rings. The third-order valence-corrected chi connectivity index (χ3v) is 5.33. The maximum absolute atomic E-state index is 12.3. The van der Waals surface area contributed by atoms with Crippen LogP contribution in [-0.4, -0.2) is 5.78 Å². The lowest BCUT2D eigenvalue weighted by molar-refractivity contribution is 0.104. The van der Waals surface area contributed by atoms with Crippen molar-refractivity contribution in [2.24, 2.45) is 0 Å². The third-order valence-electron chi connectivity index (χ3n) is 3.55. The van der Waals surface area contributed by atoms with Gasteiger partial charge in [0.15, 0.2) is 5.78 Å². The first-order valence-corrected chi connectivity index (χ1v) is 8.86. The minimum atomic E-state index is -0.0319. The number of rotatable bonds is 4. The minimum absolute atomic E-state index is 0.0319. The van der Waals surface area contributed by atoms with Gasteiger partial charge in [0.05, 0.1) is 10.0 Å². The highest BCUT2D eigenvalue weighted by Crippen LogP contribution is 2.34. The number of benzene rings is 1. The molecule has 0 unspecified atom stereocenters. The predicted octanol–water partition coefficient (Wildman–Crippen LogP) is 6.83. The lowest BCUT2D eigenvalue weighted by atomic mass is 10.1. The normalized spacial score (nSPS) is 11.3. The Balaban J connectivity index is 1.82. The quantitative estimate of drug-likeness (QED) is 0.369. The first-order valence-electron chi connectivity index (χ1n) is 7.29. The van der Waals surface area contributed by atoms with Crippen LogP contribution in [0.5, 0.6) is 0 Å². The molecule has 2 nitrogen and oxygen atoms in total. The van der Waals surface area contributed by atoms with Crippen LogP contribution in [0.15, 0.2) is 46.9 Å². The molecule has 0 saturated heterocycles. The molecule has 0 atom stereocenters. The van der Waals surface area contributed by atoms with Crippen molar-refractivity contribution in [1.29, 1.82) is 0 Å². The summed E-state index contributed by atoms with van der Waals surface area (Å²) in [6, 6.07) is 10.9. The van der Waals surface area contributed by atoms with Gasteiger partial charge in [-0.3, -0.25) is 4.79 Å². The number of hydrogen-bond donors (Lipinski definition) is 0. The standard InChI is InChI=1S/C19H14Cl2O2S/c1-11-10-15(12(2)24-11)17(22)8-6-13-7-9-18(23-13)14-4-3-5-16(20)19(14)21/h3-10H,1-2H3/b8-6+. The summed E-state index contributed by atoms with van der Waals surface area (Å²) in [7, 11) is 0. The van der Waals surface area contributed by atoms with Crippen LogP contribution in [0.25, 0.3) is 17.4 Å². The van der Waals surface area contributed by atoms with Crippen LogP contribution in [0.2, 0.25) is 10.0 Å². The zero-order valence-electron chi connectivity index (χ0n) is 13.1. The summed E-state index contributed by atoms with van der Waals surface area (Å²) in [5.41, 5.74) is 1.46. The van der Waals surface area contributed by atoms with Gasteiger partial charge in [0.1, 0.15) is 11.5 Å². The number of ketones is 1. The Morgan fingerprint density at radius 2 is 1.96 bits per heavy atom. The van der Waals surface area contributed by atoms with Gasteiger partial charge in [0, 0.05) is 20.9 Å². The van der Waals surface area contributed by atoms with Crippen molar-refractivity contribution in [1.82, 2.24) is 0 Å². The number of furan rings is 1. The number of aryl methyl sites for hydroxylation is 2. The topological polar surface area (TPSA) is 30.2 Å². The lowest BCUT2D eigenvalue weighted by Gasteiger charge is -2.01. The van der Waals surface area contributed by atoms with Crippen molar-refractivity contribution in [3.05, 3.63) is 73.6 Å². The molecule has 0 aliphatic rings. The highest BCUT2D eigenvalue weighted by molar-refractivity contribution is 7.12. The monoisotopic (exact) mass is 376 g/mol. The van der Waals surface area contributed by atoms with E-state index in [1.165, 1.54) is 6.08 Å². The lowest BCUT2D eigenvalue weighted by Crippen LogP contribution is -1.93. The van der Waals surface area contributed by atoms with Crippen LogP contribution in [-0.2, 0) is 0 Å². The van der Waals surface area contributed by atoms with Gasteiger partial charge in [-0.2, -0.15) is 0 Å². The second-order valence-electron chi connectivity index (χ2n) is 5.33. The number of carbonyl (C=O) groups is 1. The Hall–Kier alpha value is -1.81. The fourth-order valence-corrected chi connectivity index (χ4v) is 3.73. The molecule has 5 heteroatoms. The Morgan fingerprint density at radius 3 is 2.67 bits per heavy atom. The van der Waals surface area contributed by atoms with Gasteiger partial charge in [0.2, 0.25) is 0 Å². The first-order chi connectivity index (χ1) is 11.5. The maximum Gasteiger partial charge on any atom is 0.187 e. The molecule has 3 aromatic rings. The summed E-state index contributed by atoms with van der Waals surface area (Å²) >= 11 is 13.8. The number of thiophene rings is 1. The van der Waals surface area contributed by atoms with Crippen molar-refractivity contribution in [2.45, 2.75) is 13.8 Å². The van der Waals surface area contributed by atoms with E-state index in [2.05, 4.69) is 0 Å². The number of carbonyl (C=O) groups excluding carboxylic acids is 1. The smallest absolute Gasteiger partial charge is 0.187 e. The summed E-state index contributed by atoms with van der Waals surface area (Å²) in [4.78, 5) is 14.4. The van der Waals surface area contributed by atoms with E-state index < -0.39 is 0 Å². The highest BCUT2D eigenvalue weighted by atomic mass is 35.5. The largest absolute Gasteiger partial charge is 0.457 e. The van der Waals surface area contributed by atoms with Crippen molar-refractivity contribution >= 4 is 46.4 Å². The van der Waals surface area contributed by atoms with E-state index in [-0.39, 0.29) is 5.78 Å². The van der Waals surface area contributed by atoms with Crippen LogP contribution in [0.1, 0.15) is 25.9 Å². The second-order valence-corrected chi connectivity index (χ2v) is 7.57. The molecule has 0 saturated carbocycles. The minimum Gasteiger partial charge on any atom is -0.457 e. The first kappa shape index (κ1) is 17.0. The molecule has 2 heterocycles. The van der Waals surface area contributed by atoms with Gasteiger partial charge in [-0.25, -0.2) is 0 Å². The zero-order chi connectivity index (χ0) is 17.3. The van der Waals surface area contributed by atoms with E-state index in [0.717, 1.165) is 20.9 Å². The summed E-state index contributed by atoms with van der Waals surface area (Å²) in [5, 5.41) is 0.922. The van der Waals surface area contributed by atoms with Crippen molar-refractivity contribution in [3.8, 4) is 11.3 Å². The van der Waals surface area contributed by atoms with E-state index >= 15 is 0 Å². The molecule has 3 rings (SSSR count). The fraction of sp³-hybridized carbons (Fsp3) is 0.105. The molecule has 0 bridgehead atoms. The molecule has 0 aliphatic carbocycles. The molecule has 0 amide bonds. The second kappa shape index (κ2) is 6.98. The van der Waals surface area contributed by atoms with Crippen molar-refractivity contribution in [2.75, 3.05) is 0 Å². The Kier molecular flexibility index (Phi) is 4.95. The van der Waals surface area contributed by atoms with Gasteiger partial charge in [-0.05, 0) is 56.3 Å². The Labute approximate surface area is 154 Å². The van der Waals surface area contributed by atoms with E-state index in [1.807, 2.05) is 38.1 Å². The van der Waals surface area contributed by atoms with Gasteiger partial charge < -0.3 is 4.42 Å². The van der Waals surface area contributed by atoms with Gasteiger partial charge in [0.25, 0.3) is 0 Å². The molecule has 122 valence electrons. The van der Waals surface area contributed by atoms with E-state index in [4.69, 9.17) is 27.6 Å². The van der Waals surface area contributed by atoms with Crippen LogP contribution in [0.3, 0.4) is 0 Å². The molecular weight excluding hydrogens is 363 g/mol. The summed E-state index contributed by atoms with van der Waals surface area (Å²) in [5.74, 6) is 1.16. The van der Waals surface area contributed by atoms with Gasteiger partial charge in [-0.15, -0.1) is 11.3 Å². The van der Waals surface area contributed by atoms with E-state index in [1.54, 1.807) is 29.5 Å². The summed E-state index contributed by atoms with van der Waals surface area (Å²) in [6.07, 6.45) is 3.19. The summed E-state index contributed by atoms with van der Waals surface area (Å²) in [6.45, 7) is 3.94. The molecule has 0 spiro atoms. The number of halogens is 2. The maximum atomic E-state index is 12.3. The summed E-state index contributed by atoms with van der Waals surface area (Å²) < 4.78 is 5.75. The highest BCUT2D eigenvalue weighted by Gasteiger charge is 2.11. The Morgan fingerprint density at radius 1 is 1.17 bits per heavy atom. The van der Waals surface area contributed by atoms with Crippen LogP contribution in [0.4, 0.5) is 0 Å². The van der Waals surface area contributed by atoms with Crippen LogP contribution < -0.4 is 0 Å². The van der Waals surface area contributed by atoms with Crippen LogP contribution in [0, 0.1) is 13.8 Å². The van der Waals surface area contributed by atoms with E-state index in [9.17, 15) is 4.79 Å². The van der Waals surface area contributed by atoms with Gasteiger partial charge in [-0.1, -0.05) is 29.3 Å². The third kappa shape index (κ3) is 3.48. The van der Waals surface area contributed by atoms with Crippen LogP contribution >= 0.6 is 34.5 Å². The van der Waals surface area contributed by atoms with Crippen molar-refractivity contribution < 1.29 is 9.21 Å². The molecule has 0 radical (unpaired) electrons. The fourth-order valence-electron chi connectivity index (χ4n) is 2.40. The average Bonchev–Trinajstić information content (AvgIpc) is 3.14. The number of hydrogen-bond acceptors (Lipinski definition) is 3. The molecule has 0 N–H and O–H groups in total. The zero-order valence-corrected chi connectivity index (χ0v) is 15.4. The van der Waals surface area contributed by atoms with Crippen molar-refractivity contribution in [3.63, 3.8) is 0 Å². The molecular formula is C19H14Cl2O2S. The van der Waals surface area contributed by atoms with E-state index in [0.29, 0.717) is 21.6 Å². The molecule has 0 aliphatic heterocycles. The van der Waals surface area contributed by atoms with Gasteiger partial charge >= 0.3 is 0 Å². The molecule has 24 heavy (non-hydrogen) atoms. The predicted molar refractivity (Wildman–Crippen MR) is 101 cm³/mol. The molecule has 1 aromatic carbocycles. The molecule has 2 aromatic heterocycles. The average molecular weight is 377 g/mol.